The second-order valence-electron chi connectivity index (χ2n) is 5.32. The number of ether oxygens (including phenoxy) is 1. The van der Waals surface area contributed by atoms with Crippen molar-refractivity contribution in [2.45, 2.75) is 24.0 Å². The number of aromatic nitrogens is 2. The Morgan fingerprint density at radius 3 is 2.95 bits per heavy atom. The van der Waals surface area contributed by atoms with Crippen LogP contribution in [0.4, 0.5) is 0 Å². The molecule has 1 fully saturated rings. The van der Waals surface area contributed by atoms with Gasteiger partial charge in [-0.3, -0.25) is 0 Å². The average molecular weight is 328 g/mol. The largest absolute Gasteiger partial charge is 0.377 e. The molecule has 1 aromatic carbocycles. The van der Waals surface area contributed by atoms with Crippen molar-refractivity contribution in [3.63, 3.8) is 0 Å². The lowest BCUT2D eigenvalue weighted by molar-refractivity contribution is 0.129. The molecule has 3 heterocycles. The third kappa shape index (κ3) is 2.89. The lowest BCUT2D eigenvalue weighted by atomic mass is 10.2. The molecule has 5 heteroatoms. The van der Waals surface area contributed by atoms with Gasteiger partial charge in [-0.25, -0.2) is 9.97 Å². The monoisotopic (exact) mass is 328 g/mol. The number of hydrogen-bond donors (Lipinski definition) is 0. The summed E-state index contributed by atoms with van der Waals surface area (Å²) in [5, 5.41) is 2.23. The Labute approximate surface area is 137 Å². The Hall–Kier alpha value is -1.43. The van der Waals surface area contributed by atoms with Crippen molar-refractivity contribution < 1.29 is 4.74 Å². The zero-order valence-electron chi connectivity index (χ0n) is 12.1. The first kappa shape index (κ1) is 14.2. The van der Waals surface area contributed by atoms with E-state index in [1.165, 1.54) is 23.3 Å². The van der Waals surface area contributed by atoms with Gasteiger partial charge in [-0.2, -0.15) is 0 Å². The van der Waals surface area contributed by atoms with Crippen LogP contribution in [0.1, 0.15) is 12.8 Å². The Kier molecular flexibility index (Phi) is 4.10. The molecular formula is C17H16N2OS2. The van der Waals surface area contributed by atoms with Crippen LogP contribution in [0.3, 0.4) is 0 Å². The maximum absolute atomic E-state index is 5.70. The second-order valence-corrected chi connectivity index (χ2v) is 7.36. The van der Waals surface area contributed by atoms with E-state index in [1.807, 2.05) is 6.07 Å². The van der Waals surface area contributed by atoms with Gasteiger partial charge in [0.1, 0.15) is 16.2 Å². The van der Waals surface area contributed by atoms with E-state index in [2.05, 4.69) is 40.3 Å². The maximum atomic E-state index is 5.70. The standard InChI is InChI=1S/C17H16N2OS2/c1-2-5-12(6-3-1)15-9-14-16(18-11-19-17(14)22-15)21-10-13-7-4-8-20-13/h1-3,5-6,9,11,13H,4,7-8,10H2/t13-/m1/s1. The highest BCUT2D eigenvalue weighted by molar-refractivity contribution is 7.99. The van der Waals surface area contributed by atoms with Gasteiger partial charge < -0.3 is 4.74 Å². The number of nitrogens with zero attached hydrogens (tertiary/aromatic N) is 2. The molecule has 1 atom stereocenters. The highest BCUT2D eigenvalue weighted by atomic mass is 32.2. The highest BCUT2D eigenvalue weighted by Gasteiger charge is 2.17. The second kappa shape index (κ2) is 6.36. The molecule has 1 aliphatic rings. The summed E-state index contributed by atoms with van der Waals surface area (Å²) >= 11 is 3.51. The molecule has 0 radical (unpaired) electrons. The van der Waals surface area contributed by atoms with Crippen LogP contribution in [0.15, 0.2) is 47.8 Å². The van der Waals surface area contributed by atoms with Crippen LogP contribution in [-0.2, 0) is 4.74 Å². The van der Waals surface area contributed by atoms with E-state index in [0.29, 0.717) is 6.10 Å². The molecule has 3 aromatic rings. The van der Waals surface area contributed by atoms with Crippen LogP contribution in [0.25, 0.3) is 20.7 Å². The number of thioether (sulfide) groups is 1. The van der Waals surface area contributed by atoms with Crippen LogP contribution >= 0.6 is 23.1 Å². The molecule has 1 aliphatic heterocycles. The summed E-state index contributed by atoms with van der Waals surface area (Å²) in [6.45, 7) is 0.904. The fourth-order valence-electron chi connectivity index (χ4n) is 2.64. The molecule has 0 N–H and O–H groups in total. The third-order valence-corrected chi connectivity index (χ3v) is 6.01. The lowest BCUT2D eigenvalue weighted by Crippen LogP contribution is -2.07. The minimum absolute atomic E-state index is 0.377. The van der Waals surface area contributed by atoms with Gasteiger partial charge >= 0.3 is 0 Å². The molecule has 112 valence electrons. The number of thiophene rings is 1. The number of benzene rings is 1. The van der Waals surface area contributed by atoms with Gasteiger partial charge in [0.05, 0.1) is 6.10 Å². The molecule has 0 amide bonds. The molecule has 2 aromatic heterocycles. The average Bonchev–Trinajstić information content (AvgIpc) is 3.23. The molecule has 22 heavy (non-hydrogen) atoms. The number of fused-ring (bicyclic) bond motifs is 1. The first-order valence-corrected chi connectivity index (χ1v) is 9.25. The predicted molar refractivity (Wildman–Crippen MR) is 92.5 cm³/mol. The van der Waals surface area contributed by atoms with Crippen molar-refractivity contribution in [1.29, 1.82) is 0 Å². The Morgan fingerprint density at radius 1 is 1.23 bits per heavy atom. The van der Waals surface area contributed by atoms with E-state index in [1.54, 1.807) is 29.4 Å². The molecule has 1 saturated heterocycles. The first-order valence-electron chi connectivity index (χ1n) is 7.44. The zero-order valence-corrected chi connectivity index (χ0v) is 13.7. The van der Waals surface area contributed by atoms with E-state index in [9.17, 15) is 0 Å². The number of hydrogen-bond acceptors (Lipinski definition) is 5. The zero-order chi connectivity index (χ0) is 14.8. The summed E-state index contributed by atoms with van der Waals surface area (Å²) in [5.74, 6) is 0.975. The van der Waals surface area contributed by atoms with Gasteiger partial charge in [0.15, 0.2) is 0 Å². The van der Waals surface area contributed by atoms with E-state index in [4.69, 9.17) is 4.74 Å². The van der Waals surface area contributed by atoms with Crippen LogP contribution in [-0.4, -0.2) is 28.4 Å². The SMILES string of the molecule is c1ccc(-c2cc3c(SC[C@H]4CCCO4)ncnc3s2)cc1. The number of rotatable bonds is 4. The van der Waals surface area contributed by atoms with Crippen molar-refractivity contribution >= 4 is 33.3 Å². The van der Waals surface area contributed by atoms with Gasteiger partial charge in [0.25, 0.3) is 0 Å². The molecule has 0 unspecified atom stereocenters. The summed E-state index contributed by atoms with van der Waals surface area (Å²) in [6, 6.07) is 12.7. The van der Waals surface area contributed by atoms with Crippen molar-refractivity contribution in [2.75, 3.05) is 12.4 Å². The summed E-state index contributed by atoms with van der Waals surface area (Å²) in [5.41, 5.74) is 1.24. The smallest absolute Gasteiger partial charge is 0.128 e. The van der Waals surface area contributed by atoms with Crippen molar-refractivity contribution in [1.82, 2.24) is 9.97 Å². The maximum Gasteiger partial charge on any atom is 0.128 e. The topological polar surface area (TPSA) is 35.0 Å². The van der Waals surface area contributed by atoms with Crippen LogP contribution in [0.2, 0.25) is 0 Å². The quantitative estimate of drug-likeness (QED) is 0.517. The highest BCUT2D eigenvalue weighted by Crippen LogP contribution is 2.36. The van der Waals surface area contributed by atoms with Gasteiger partial charge in [-0.15, -0.1) is 23.1 Å². The van der Waals surface area contributed by atoms with Gasteiger partial charge in [-0.1, -0.05) is 30.3 Å². The molecule has 0 saturated carbocycles. The molecule has 0 bridgehead atoms. The summed E-state index contributed by atoms with van der Waals surface area (Å²) in [7, 11) is 0. The fraction of sp³-hybridized carbons (Fsp3) is 0.294. The summed E-state index contributed by atoms with van der Waals surface area (Å²) < 4.78 is 5.70. The molecule has 4 rings (SSSR count). The van der Waals surface area contributed by atoms with E-state index >= 15 is 0 Å². The molecular weight excluding hydrogens is 312 g/mol. The predicted octanol–water partition coefficient (Wildman–Crippen LogP) is 4.63. The normalized spacial score (nSPS) is 18.1. The Bertz CT molecular complexity index is 767. The van der Waals surface area contributed by atoms with Crippen molar-refractivity contribution in [3.8, 4) is 10.4 Å². The lowest BCUT2D eigenvalue weighted by Gasteiger charge is -2.08. The Balaban J connectivity index is 1.63. The molecule has 3 nitrogen and oxygen atoms in total. The van der Waals surface area contributed by atoms with E-state index in [0.717, 1.165) is 27.6 Å². The fourth-order valence-corrected chi connectivity index (χ4v) is 4.75. The van der Waals surface area contributed by atoms with Crippen molar-refractivity contribution in [3.05, 3.63) is 42.7 Å². The molecule has 0 aliphatic carbocycles. The minimum Gasteiger partial charge on any atom is -0.377 e. The first-order chi connectivity index (χ1) is 10.9. The van der Waals surface area contributed by atoms with E-state index < -0.39 is 0 Å². The van der Waals surface area contributed by atoms with Gasteiger partial charge in [0.2, 0.25) is 0 Å². The van der Waals surface area contributed by atoms with Crippen molar-refractivity contribution in [2.24, 2.45) is 0 Å². The van der Waals surface area contributed by atoms with E-state index in [-0.39, 0.29) is 0 Å². The minimum atomic E-state index is 0.377. The summed E-state index contributed by atoms with van der Waals surface area (Å²) in [6.07, 6.45) is 4.40. The van der Waals surface area contributed by atoms with Gasteiger partial charge in [-0.05, 0) is 24.5 Å². The van der Waals surface area contributed by atoms with Crippen LogP contribution in [0, 0.1) is 0 Å². The third-order valence-electron chi connectivity index (χ3n) is 3.78. The molecule has 0 spiro atoms. The van der Waals surface area contributed by atoms with Gasteiger partial charge in [0, 0.05) is 22.6 Å². The Morgan fingerprint density at radius 2 is 2.14 bits per heavy atom. The van der Waals surface area contributed by atoms with Crippen LogP contribution in [0.5, 0.6) is 0 Å². The van der Waals surface area contributed by atoms with Crippen LogP contribution < -0.4 is 0 Å². The summed E-state index contributed by atoms with van der Waals surface area (Å²) in [4.78, 5) is 11.2.